The number of pyridine rings is 1. The summed E-state index contributed by atoms with van der Waals surface area (Å²) in [6.45, 7) is 3.11. The maximum atomic E-state index is 15.3. The van der Waals surface area contributed by atoms with E-state index in [1.54, 1.807) is 24.3 Å². The number of imide groups is 1. The minimum atomic E-state index is -4.72. The van der Waals surface area contributed by atoms with Gasteiger partial charge >= 0.3 is 6.18 Å². The third-order valence-electron chi connectivity index (χ3n) is 10.1. The van der Waals surface area contributed by atoms with E-state index in [2.05, 4.69) is 36.1 Å². The van der Waals surface area contributed by atoms with Gasteiger partial charge in [-0.25, -0.2) is 9.37 Å². The maximum Gasteiger partial charge on any atom is 0.419 e. The first kappa shape index (κ1) is 38.1. The molecule has 4 amide bonds. The van der Waals surface area contributed by atoms with E-state index in [1.165, 1.54) is 43.3 Å². The molecule has 56 heavy (non-hydrogen) atoms. The number of nitrogens with one attached hydrogen (secondary N) is 4. The fraction of sp³-hybridized carbons (Fsp3) is 0.308. The summed E-state index contributed by atoms with van der Waals surface area (Å²) in [4.78, 5) is 59.1. The Labute approximate surface area is 319 Å². The van der Waals surface area contributed by atoms with Gasteiger partial charge in [0.05, 0.1) is 40.9 Å². The van der Waals surface area contributed by atoms with Crippen molar-refractivity contribution < 1.29 is 41.5 Å². The summed E-state index contributed by atoms with van der Waals surface area (Å²) in [6, 6.07) is 15.2. The van der Waals surface area contributed by atoms with Crippen LogP contribution in [0.1, 0.15) is 50.2 Å². The standard InChI is InChI=1S/C39H38F4N8O5/c1-44-36(53)25-5-3-4-6-28(25)46-30-18-33(45-19-26(30)39(41,42)43)47-29-8-7-24(17-32(29)56-2)50-13-11-49(12-14-50)20-22-15-23-21-51(38(55)35(23)27(40)16-22)31-9-10-34(52)48-37(31)54/h3-8,15-19,31H,9-14,20-21H2,1-2H3,(H,44,53)(H2,45,46,47)(H,48,52,54). The van der Waals surface area contributed by atoms with E-state index in [0.29, 0.717) is 55.3 Å². The summed E-state index contributed by atoms with van der Waals surface area (Å²) in [7, 11) is 2.92. The van der Waals surface area contributed by atoms with Crippen LogP contribution in [0.5, 0.6) is 5.75 Å². The molecule has 4 heterocycles. The van der Waals surface area contributed by atoms with Crippen LogP contribution in [0.25, 0.3) is 0 Å². The van der Waals surface area contributed by atoms with Gasteiger partial charge in [-0.05, 0) is 47.9 Å². The Balaban J connectivity index is 1.01. The van der Waals surface area contributed by atoms with Crippen LogP contribution in [-0.2, 0) is 28.9 Å². The van der Waals surface area contributed by atoms with E-state index >= 15 is 4.39 Å². The number of rotatable bonds is 10. The zero-order valence-electron chi connectivity index (χ0n) is 30.4. The summed E-state index contributed by atoms with van der Waals surface area (Å²) in [5.74, 6) is -2.06. The van der Waals surface area contributed by atoms with Crippen molar-refractivity contribution >= 4 is 52.2 Å². The van der Waals surface area contributed by atoms with Gasteiger partial charge in [0.2, 0.25) is 11.8 Å². The lowest BCUT2D eigenvalue weighted by atomic mass is 10.0. The van der Waals surface area contributed by atoms with Crippen LogP contribution < -0.4 is 30.9 Å². The number of fused-ring (bicyclic) bond motifs is 1. The number of ether oxygens (including phenoxy) is 1. The molecule has 13 nitrogen and oxygen atoms in total. The Bertz CT molecular complexity index is 2210. The Hall–Kier alpha value is -6.23. The highest BCUT2D eigenvalue weighted by Crippen LogP contribution is 2.39. The molecule has 7 rings (SSSR count). The summed E-state index contributed by atoms with van der Waals surface area (Å²) in [5, 5.41) is 10.6. The number of anilines is 5. The second-order valence-electron chi connectivity index (χ2n) is 13.6. The smallest absolute Gasteiger partial charge is 0.419 e. The molecular weight excluding hydrogens is 736 g/mol. The molecule has 0 radical (unpaired) electrons. The molecule has 1 atom stereocenters. The van der Waals surface area contributed by atoms with Gasteiger partial charge in [0.25, 0.3) is 11.8 Å². The molecule has 2 saturated heterocycles. The number of benzene rings is 3. The Morgan fingerprint density at radius 3 is 2.45 bits per heavy atom. The number of carbonyl (C=O) groups excluding carboxylic acids is 4. The van der Waals surface area contributed by atoms with E-state index < -0.39 is 47.2 Å². The zero-order chi connectivity index (χ0) is 39.7. The predicted octanol–water partition coefficient (Wildman–Crippen LogP) is 5.18. The number of alkyl halides is 3. The van der Waals surface area contributed by atoms with Crippen molar-refractivity contribution in [2.24, 2.45) is 0 Å². The third kappa shape index (κ3) is 7.80. The van der Waals surface area contributed by atoms with E-state index in [4.69, 9.17) is 4.74 Å². The summed E-state index contributed by atoms with van der Waals surface area (Å²) in [6.07, 6.45) is -3.69. The number of piperazine rings is 1. The second kappa shape index (κ2) is 15.5. The van der Waals surface area contributed by atoms with Crippen LogP contribution in [-0.4, -0.2) is 84.8 Å². The number of aromatic nitrogens is 1. The van der Waals surface area contributed by atoms with Crippen molar-refractivity contribution in [3.8, 4) is 5.75 Å². The quantitative estimate of drug-likeness (QED) is 0.126. The van der Waals surface area contributed by atoms with Crippen LogP contribution in [0.2, 0.25) is 0 Å². The molecule has 0 bridgehead atoms. The highest BCUT2D eigenvalue weighted by molar-refractivity contribution is 6.05. The average Bonchev–Trinajstić information content (AvgIpc) is 3.50. The number of hydrogen-bond acceptors (Lipinski definition) is 10. The van der Waals surface area contributed by atoms with Crippen LogP contribution in [0.4, 0.5) is 46.1 Å². The van der Waals surface area contributed by atoms with Crippen molar-refractivity contribution in [3.63, 3.8) is 0 Å². The van der Waals surface area contributed by atoms with E-state index in [9.17, 15) is 32.3 Å². The fourth-order valence-electron chi connectivity index (χ4n) is 7.27. The summed E-state index contributed by atoms with van der Waals surface area (Å²) < 4.78 is 63.0. The number of carbonyl (C=O) groups is 4. The number of nitrogens with zero attached hydrogens (tertiary/aromatic N) is 4. The molecule has 3 aliphatic heterocycles. The minimum absolute atomic E-state index is 0.0370. The molecule has 0 spiro atoms. The minimum Gasteiger partial charge on any atom is -0.494 e. The van der Waals surface area contributed by atoms with Crippen LogP contribution in [0.3, 0.4) is 0 Å². The van der Waals surface area contributed by atoms with Crippen LogP contribution >= 0.6 is 0 Å². The molecule has 0 aliphatic carbocycles. The molecule has 4 aromatic rings. The number of methoxy groups -OCH3 is 1. The monoisotopic (exact) mass is 774 g/mol. The van der Waals surface area contributed by atoms with Crippen molar-refractivity contribution in [1.29, 1.82) is 0 Å². The van der Waals surface area contributed by atoms with Crippen molar-refractivity contribution in [2.75, 3.05) is 55.9 Å². The lowest BCUT2D eigenvalue weighted by Crippen LogP contribution is -2.52. The van der Waals surface area contributed by atoms with Crippen LogP contribution in [0.15, 0.2) is 66.9 Å². The first-order valence-corrected chi connectivity index (χ1v) is 17.9. The molecule has 17 heteroatoms. The molecule has 292 valence electrons. The van der Waals surface area contributed by atoms with Crippen molar-refractivity contribution in [1.82, 2.24) is 25.4 Å². The molecule has 0 saturated carbocycles. The highest BCUT2D eigenvalue weighted by atomic mass is 19.4. The van der Waals surface area contributed by atoms with E-state index in [0.717, 1.165) is 11.9 Å². The first-order chi connectivity index (χ1) is 26.8. The Morgan fingerprint density at radius 1 is 0.964 bits per heavy atom. The highest BCUT2D eigenvalue weighted by Gasteiger charge is 2.41. The molecular formula is C39H38F4N8O5. The molecule has 3 aliphatic rings. The third-order valence-corrected chi connectivity index (χ3v) is 10.1. The number of para-hydroxylation sites is 1. The molecule has 2 fully saturated rings. The number of piperidine rings is 1. The summed E-state index contributed by atoms with van der Waals surface area (Å²) in [5.41, 5.74) is 1.55. The Kier molecular flexibility index (Phi) is 10.5. The second-order valence-corrected chi connectivity index (χ2v) is 13.6. The van der Waals surface area contributed by atoms with Gasteiger partial charge in [0.1, 0.15) is 23.4 Å². The maximum absolute atomic E-state index is 15.3. The van der Waals surface area contributed by atoms with E-state index in [-0.39, 0.29) is 47.7 Å². The number of hydrogen-bond donors (Lipinski definition) is 4. The lowest BCUT2D eigenvalue weighted by molar-refractivity contribution is -0.138. The van der Waals surface area contributed by atoms with Gasteiger partial charge in [-0.15, -0.1) is 0 Å². The van der Waals surface area contributed by atoms with Crippen molar-refractivity contribution in [2.45, 2.75) is 38.1 Å². The molecule has 3 aromatic carbocycles. The first-order valence-electron chi connectivity index (χ1n) is 17.9. The normalized spacial score (nSPS) is 17.4. The number of amides is 4. The largest absolute Gasteiger partial charge is 0.494 e. The average molecular weight is 775 g/mol. The van der Waals surface area contributed by atoms with Gasteiger partial charge in [-0.3, -0.25) is 29.4 Å². The SMILES string of the molecule is CNC(=O)c1ccccc1Nc1cc(Nc2ccc(N3CCN(Cc4cc(F)c5c(c4)CN(C4CCC(=O)NC4=O)C5=O)CC3)cc2OC)ncc1C(F)(F)F. The lowest BCUT2D eigenvalue weighted by Gasteiger charge is -2.36. The van der Waals surface area contributed by atoms with Gasteiger partial charge in [0.15, 0.2) is 0 Å². The molecule has 4 N–H and O–H groups in total. The predicted molar refractivity (Wildman–Crippen MR) is 199 cm³/mol. The Morgan fingerprint density at radius 2 is 1.73 bits per heavy atom. The van der Waals surface area contributed by atoms with E-state index in [1.807, 2.05) is 12.1 Å². The topological polar surface area (TPSA) is 148 Å². The van der Waals surface area contributed by atoms with Gasteiger partial charge in [-0.1, -0.05) is 18.2 Å². The van der Waals surface area contributed by atoms with Gasteiger partial charge in [-0.2, -0.15) is 13.2 Å². The molecule has 1 aromatic heterocycles. The van der Waals surface area contributed by atoms with Gasteiger partial charge < -0.3 is 30.5 Å². The summed E-state index contributed by atoms with van der Waals surface area (Å²) >= 11 is 0. The number of halogens is 4. The van der Waals surface area contributed by atoms with Gasteiger partial charge in [0, 0.05) is 76.8 Å². The van der Waals surface area contributed by atoms with Crippen LogP contribution in [0, 0.1) is 5.82 Å². The zero-order valence-corrected chi connectivity index (χ0v) is 30.4. The van der Waals surface area contributed by atoms with Crippen molar-refractivity contribution in [3.05, 3.63) is 100 Å². The molecule has 1 unspecified atom stereocenters. The fourth-order valence-corrected chi connectivity index (χ4v) is 7.27.